The van der Waals surface area contributed by atoms with Crippen LogP contribution >= 0.6 is 12.2 Å². The third kappa shape index (κ3) is 3.71. The number of aliphatic imine (C=N–C) groups is 1. The lowest BCUT2D eigenvalue weighted by Gasteiger charge is -2.05. The number of para-hydroxylation sites is 1. The van der Waals surface area contributed by atoms with E-state index in [9.17, 15) is 0 Å². The van der Waals surface area contributed by atoms with Gasteiger partial charge in [-0.15, -0.1) is 0 Å². The fraction of sp³-hybridized carbons (Fsp3) is 0.200. The second-order valence-electron chi connectivity index (χ2n) is 5.94. The van der Waals surface area contributed by atoms with Gasteiger partial charge in [0.2, 0.25) is 0 Å². The third-order valence-electron chi connectivity index (χ3n) is 3.96. The smallest absolute Gasteiger partial charge is 0.136 e. The first-order valence-corrected chi connectivity index (χ1v) is 8.50. The minimum absolute atomic E-state index is 0.210. The molecular weight excluding hydrogens is 314 g/mol. The summed E-state index contributed by atoms with van der Waals surface area (Å²) in [6, 6.07) is 20.7. The Labute approximate surface area is 147 Å². The monoisotopic (exact) mass is 335 g/mol. The molecule has 2 aromatic carbocycles. The largest absolute Gasteiger partial charge is 0.297 e. The van der Waals surface area contributed by atoms with Gasteiger partial charge in [0, 0.05) is 17.5 Å². The topological polar surface area (TPSA) is 33.1 Å². The summed E-state index contributed by atoms with van der Waals surface area (Å²) in [6.07, 6.45) is 2.83. The fourth-order valence-corrected chi connectivity index (χ4v) is 3.04. The second kappa shape index (κ2) is 7.41. The summed E-state index contributed by atoms with van der Waals surface area (Å²) < 4.78 is 2.68. The first-order chi connectivity index (χ1) is 11.6. The zero-order valence-electron chi connectivity index (χ0n) is 13.9. The predicted molar refractivity (Wildman–Crippen MR) is 103 cm³/mol. The highest BCUT2D eigenvalue weighted by Gasteiger charge is 2.08. The summed E-state index contributed by atoms with van der Waals surface area (Å²) in [4.78, 5) is 4.69. The number of rotatable bonds is 5. The maximum absolute atomic E-state index is 5.62. The SMILES string of the molecule is Cc1[nH]n(-c2ccccc2)c(=S)c1C=N[C@@H](C)Cc1ccccc1. The predicted octanol–water partition coefficient (Wildman–Crippen LogP) is 4.89. The Morgan fingerprint density at radius 2 is 1.71 bits per heavy atom. The Balaban J connectivity index is 1.80. The summed E-state index contributed by atoms with van der Waals surface area (Å²) in [6.45, 7) is 4.15. The van der Waals surface area contributed by atoms with Crippen molar-refractivity contribution >= 4 is 18.4 Å². The molecule has 0 radical (unpaired) electrons. The van der Waals surface area contributed by atoms with E-state index in [1.807, 2.05) is 54.2 Å². The Hall–Kier alpha value is -2.46. The van der Waals surface area contributed by atoms with Crippen molar-refractivity contribution in [3.63, 3.8) is 0 Å². The fourth-order valence-electron chi connectivity index (χ4n) is 2.68. The van der Waals surface area contributed by atoms with Gasteiger partial charge in [-0.25, -0.2) is 4.68 Å². The minimum atomic E-state index is 0.210. The van der Waals surface area contributed by atoms with E-state index in [2.05, 4.69) is 36.3 Å². The zero-order valence-corrected chi connectivity index (χ0v) is 14.8. The lowest BCUT2D eigenvalue weighted by Crippen LogP contribution is -2.03. The van der Waals surface area contributed by atoms with Crippen LogP contribution < -0.4 is 0 Å². The van der Waals surface area contributed by atoms with Crippen LogP contribution in [0, 0.1) is 11.6 Å². The molecule has 122 valence electrons. The lowest BCUT2D eigenvalue weighted by atomic mass is 10.1. The molecule has 0 bridgehead atoms. The highest BCUT2D eigenvalue weighted by molar-refractivity contribution is 7.71. The number of nitrogens with zero attached hydrogens (tertiary/aromatic N) is 2. The first-order valence-electron chi connectivity index (χ1n) is 8.09. The summed E-state index contributed by atoms with van der Waals surface area (Å²) in [7, 11) is 0. The van der Waals surface area contributed by atoms with Crippen molar-refractivity contribution in [2.45, 2.75) is 26.3 Å². The second-order valence-corrected chi connectivity index (χ2v) is 6.33. The van der Waals surface area contributed by atoms with Gasteiger partial charge in [0.25, 0.3) is 0 Å². The van der Waals surface area contributed by atoms with Crippen molar-refractivity contribution < 1.29 is 0 Å². The first kappa shape index (κ1) is 16.4. The normalized spacial score (nSPS) is 12.6. The molecule has 0 aliphatic rings. The Bertz CT molecular complexity index is 876. The van der Waals surface area contributed by atoms with Gasteiger partial charge in [0.05, 0.1) is 11.7 Å². The average Bonchev–Trinajstić information content (AvgIpc) is 2.89. The van der Waals surface area contributed by atoms with E-state index in [1.165, 1.54) is 5.56 Å². The van der Waals surface area contributed by atoms with Gasteiger partial charge in [0.15, 0.2) is 0 Å². The molecule has 0 amide bonds. The standard InChI is InChI=1S/C20H21N3S/c1-15(13-17-9-5-3-6-10-17)21-14-19-16(2)22-23(20(19)24)18-11-7-4-8-12-18/h3-12,14-15,22H,13H2,1-2H3/t15-/m0/s1. The number of aromatic nitrogens is 2. The number of hydrogen-bond donors (Lipinski definition) is 1. The van der Waals surface area contributed by atoms with Gasteiger partial charge in [0.1, 0.15) is 4.64 Å². The van der Waals surface area contributed by atoms with Crippen LogP contribution in [-0.2, 0) is 6.42 Å². The third-order valence-corrected chi connectivity index (χ3v) is 4.37. The molecule has 1 heterocycles. The molecule has 0 aliphatic carbocycles. The van der Waals surface area contributed by atoms with E-state index in [4.69, 9.17) is 17.2 Å². The molecule has 3 aromatic rings. The average molecular weight is 335 g/mol. The molecule has 4 heteroatoms. The minimum Gasteiger partial charge on any atom is -0.297 e. The van der Waals surface area contributed by atoms with Crippen LogP contribution in [0.2, 0.25) is 0 Å². The van der Waals surface area contributed by atoms with E-state index < -0.39 is 0 Å². The van der Waals surface area contributed by atoms with Gasteiger partial charge < -0.3 is 0 Å². The number of aromatic amines is 1. The lowest BCUT2D eigenvalue weighted by molar-refractivity contribution is 0.744. The van der Waals surface area contributed by atoms with Crippen LogP contribution in [0.15, 0.2) is 65.7 Å². The molecule has 3 rings (SSSR count). The van der Waals surface area contributed by atoms with Crippen molar-refractivity contribution in [3.8, 4) is 5.69 Å². The van der Waals surface area contributed by atoms with Gasteiger partial charge in [-0.05, 0) is 38.0 Å². The number of H-pyrrole nitrogens is 1. The van der Waals surface area contributed by atoms with E-state index >= 15 is 0 Å². The van der Waals surface area contributed by atoms with Crippen LogP contribution in [0.1, 0.15) is 23.7 Å². The van der Waals surface area contributed by atoms with Crippen molar-refractivity contribution in [1.82, 2.24) is 9.78 Å². The Kier molecular flexibility index (Phi) is 5.06. The molecule has 1 aromatic heterocycles. The molecule has 0 fully saturated rings. The summed E-state index contributed by atoms with van der Waals surface area (Å²) in [5, 5.41) is 3.32. The number of nitrogens with one attached hydrogen (secondary N) is 1. The van der Waals surface area contributed by atoms with Gasteiger partial charge in [-0.1, -0.05) is 60.7 Å². The van der Waals surface area contributed by atoms with Crippen molar-refractivity contribution in [3.05, 3.63) is 82.1 Å². The van der Waals surface area contributed by atoms with Gasteiger partial charge in [-0.2, -0.15) is 0 Å². The molecule has 24 heavy (non-hydrogen) atoms. The molecule has 0 saturated heterocycles. The zero-order chi connectivity index (χ0) is 16.9. The van der Waals surface area contributed by atoms with Crippen molar-refractivity contribution in [2.24, 2.45) is 4.99 Å². The van der Waals surface area contributed by atoms with E-state index in [-0.39, 0.29) is 6.04 Å². The molecule has 1 N–H and O–H groups in total. The summed E-state index contributed by atoms with van der Waals surface area (Å²) in [5.74, 6) is 0. The molecule has 1 atom stereocenters. The van der Waals surface area contributed by atoms with Crippen LogP contribution in [0.3, 0.4) is 0 Å². The van der Waals surface area contributed by atoms with Gasteiger partial charge in [-0.3, -0.25) is 10.1 Å². The van der Waals surface area contributed by atoms with E-state index in [1.54, 1.807) is 0 Å². The number of aryl methyl sites for hydroxylation is 1. The molecular formula is C20H21N3S. The molecule has 3 nitrogen and oxygen atoms in total. The highest BCUT2D eigenvalue weighted by atomic mass is 32.1. The van der Waals surface area contributed by atoms with Gasteiger partial charge >= 0.3 is 0 Å². The van der Waals surface area contributed by atoms with Crippen molar-refractivity contribution in [2.75, 3.05) is 0 Å². The van der Waals surface area contributed by atoms with Crippen LogP contribution in [-0.4, -0.2) is 22.0 Å². The Morgan fingerprint density at radius 3 is 2.38 bits per heavy atom. The molecule has 0 saturated carbocycles. The van der Waals surface area contributed by atoms with Crippen LogP contribution in [0.5, 0.6) is 0 Å². The highest BCUT2D eigenvalue weighted by Crippen LogP contribution is 2.14. The van der Waals surface area contributed by atoms with Crippen molar-refractivity contribution in [1.29, 1.82) is 0 Å². The Morgan fingerprint density at radius 1 is 1.08 bits per heavy atom. The maximum atomic E-state index is 5.62. The molecule has 0 aliphatic heterocycles. The number of benzene rings is 2. The maximum Gasteiger partial charge on any atom is 0.136 e. The molecule has 0 unspecified atom stereocenters. The van der Waals surface area contributed by atoms with E-state index in [0.717, 1.165) is 28.0 Å². The quantitative estimate of drug-likeness (QED) is 0.522. The summed E-state index contributed by atoms with van der Waals surface area (Å²) >= 11 is 5.62. The molecule has 0 spiro atoms. The van der Waals surface area contributed by atoms with Crippen LogP contribution in [0.4, 0.5) is 0 Å². The van der Waals surface area contributed by atoms with E-state index in [0.29, 0.717) is 0 Å². The summed E-state index contributed by atoms with van der Waals surface area (Å²) in [5.41, 5.74) is 4.33. The van der Waals surface area contributed by atoms with Crippen LogP contribution in [0.25, 0.3) is 5.69 Å². The number of hydrogen-bond acceptors (Lipinski definition) is 2.